The van der Waals surface area contributed by atoms with Crippen LogP contribution in [0.4, 0.5) is 4.39 Å². The summed E-state index contributed by atoms with van der Waals surface area (Å²) in [6.45, 7) is 2.27. The van der Waals surface area contributed by atoms with Gasteiger partial charge in [0.2, 0.25) is 0 Å². The van der Waals surface area contributed by atoms with Crippen molar-refractivity contribution in [2.75, 3.05) is 14.1 Å². The molecule has 170 valence electrons. The molecule has 0 spiro atoms. The maximum atomic E-state index is 14.2. The highest BCUT2D eigenvalue weighted by Crippen LogP contribution is 2.50. The van der Waals surface area contributed by atoms with Crippen LogP contribution in [0.1, 0.15) is 68.2 Å². The van der Waals surface area contributed by atoms with Crippen LogP contribution < -0.4 is 5.32 Å². The molecule has 2 saturated carbocycles. The first-order valence-electron chi connectivity index (χ1n) is 12.2. The van der Waals surface area contributed by atoms with Gasteiger partial charge >= 0.3 is 0 Å². The van der Waals surface area contributed by atoms with Gasteiger partial charge in [-0.1, -0.05) is 43.2 Å². The molecule has 1 aromatic heterocycles. The van der Waals surface area contributed by atoms with E-state index < -0.39 is 0 Å². The smallest absolute Gasteiger partial charge is 0.123 e. The fourth-order valence-corrected chi connectivity index (χ4v) is 6.55. The maximum absolute atomic E-state index is 14.2. The van der Waals surface area contributed by atoms with Crippen LogP contribution >= 0.6 is 0 Å². The lowest BCUT2D eigenvalue weighted by atomic mass is 9.66. The van der Waals surface area contributed by atoms with E-state index in [9.17, 15) is 4.39 Å². The molecule has 5 rings (SSSR count). The van der Waals surface area contributed by atoms with Crippen LogP contribution in [0.3, 0.4) is 0 Å². The van der Waals surface area contributed by atoms with Gasteiger partial charge in [-0.25, -0.2) is 4.39 Å². The molecule has 2 N–H and O–H groups in total. The molecule has 0 atom stereocenters. The van der Waals surface area contributed by atoms with Crippen LogP contribution in [0, 0.1) is 12.7 Å². The number of nitrogens with zero attached hydrogens (tertiary/aromatic N) is 1. The van der Waals surface area contributed by atoms with Crippen molar-refractivity contribution >= 4 is 10.9 Å². The number of hydrogen-bond donors (Lipinski definition) is 2. The Morgan fingerprint density at radius 1 is 0.969 bits per heavy atom. The van der Waals surface area contributed by atoms with Crippen LogP contribution in [0.15, 0.2) is 48.5 Å². The van der Waals surface area contributed by atoms with Gasteiger partial charge in [-0.2, -0.15) is 0 Å². The second-order valence-electron chi connectivity index (χ2n) is 10.3. The largest absolute Gasteiger partial charge is 0.357 e. The molecular weight excluding hydrogens is 397 g/mol. The Hall–Kier alpha value is -2.17. The highest BCUT2D eigenvalue weighted by atomic mass is 19.1. The van der Waals surface area contributed by atoms with Crippen LogP contribution in [0.2, 0.25) is 0 Å². The van der Waals surface area contributed by atoms with Crippen molar-refractivity contribution in [3.63, 3.8) is 0 Å². The minimum atomic E-state index is -0.142. The Bertz CT molecular complexity index is 1090. The predicted octanol–water partition coefficient (Wildman–Crippen LogP) is 6.37. The van der Waals surface area contributed by atoms with Gasteiger partial charge in [0.15, 0.2) is 0 Å². The Labute approximate surface area is 191 Å². The number of para-hydroxylation sites is 1. The second-order valence-corrected chi connectivity index (χ2v) is 10.3. The van der Waals surface area contributed by atoms with E-state index in [2.05, 4.69) is 66.6 Å². The number of halogens is 1. The molecule has 0 radical (unpaired) electrons. The average molecular weight is 434 g/mol. The summed E-state index contributed by atoms with van der Waals surface area (Å²) in [4.78, 5) is 6.14. The number of fused-ring (bicyclic) bond motifs is 1. The lowest BCUT2D eigenvalue weighted by molar-refractivity contribution is 0.0469. The van der Waals surface area contributed by atoms with Gasteiger partial charge in [0.1, 0.15) is 5.82 Å². The lowest BCUT2D eigenvalue weighted by Crippen LogP contribution is -2.55. The molecule has 4 heteroatoms. The molecule has 2 aromatic carbocycles. The van der Waals surface area contributed by atoms with E-state index in [0.717, 1.165) is 31.2 Å². The van der Waals surface area contributed by atoms with Gasteiger partial charge < -0.3 is 10.3 Å². The SMILES string of the molecule is Cc1c(C2(NC3CCCC3)CCC(c3cccc(F)c3)(N(C)C)CC2)[nH]c2ccccc12. The molecule has 0 unspecified atom stereocenters. The van der Waals surface area contributed by atoms with Crippen LogP contribution in [0.25, 0.3) is 10.9 Å². The first kappa shape index (κ1) is 21.7. The number of rotatable bonds is 5. The first-order chi connectivity index (χ1) is 15.4. The number of H-pyrrole nitrogens is 1. The number of aryl methyl sites for hydroxylation is 1. The average Bonchev–Trinajstić information content (AvgIpc) is 3.42. The molecule has 0 aliphatic heterocycles. The monoisotopic (exact) mass is 433 g/mol. The van der Waals surface area contributed by atoms with Gasteiger partial charge in [-0.3, -0.25) is 4.90 Å². The standard InChI is InChI=1S/C28H36FN3/c1-20-24-13-6-7-14-25(24)30-26(20)27(31-23-11-4-5-12-23)15-17-28(18-16-27,32(2)3)21-9-8-10-22(29)19-21/h6-10,13-14,19,23,30-31H,4-5,11-12,15-18H2,1-3H3. The van der Waals surface area contributed by atoms with Crippen molar-refractivity contribution in [1.82, 2.24) is 15.2 Å². The Balaban J connectivity index is 1.54. The van der Waals surface area contributed by atoms with Crippen molar-refractivity contribution < 1.29 is 4.39 Å². The summed E-state index contributed by atoms with van der Waals surface area (Å²) in [6.07, 6.45) is 9.25. The summed E-state index contributed by atoms with van der Waals surface area (Å²) in [5.74, 6) is -0.142. The van der Waals surface area contributed by atoms with Crippen LogP contribution in [-0.2, 0) is 11.1 Å². The minimum absolute atomic E-state index is 0.0645. The van der Waals surface area contributed by atoms with Crippen molar-refractivity contribution in [1.29, 1.82) is 0 Å². The molecule has 0 amide bonds. The summed E-state index contributed by atoms with van der Waals surface area (Å²) in [6, 6.07) is 16.5. The van der Waals surface area contributed by atoms with Crippen molar-refractivity contribution in [2.45, 2.75) is 75.4 Å². The Morgan fingerprint density at radius 2 is 1.69 bits per heavy atom. The Morgan fingerprint density at radius 3 is 2.34 bits per heavy atom. The van der Waals surface area contributed by atoms with E-state index in [1.165, 1.54) is 47.8 Å². The Kier molecular flexibility index (Phi) is 5.63. The normalized spacial score (nSPS) is 26.9. The highest BCUT2D eigenvalue weighted by Gasteiger charge is 2.48. The van der Waals surface area contributed by atoms with Gasteiger partial charge in [-0.05, 0) is 88.9 Å². The molecule has 3 aromatic rings. The summed E-state index contributed by atoms with van der Waals surface area (Å²) in [5, 5.41) is 5.49. The molecule has 2 fully saturated rings. The van der Waals surface area contributed by atoms with E-state index in [1.54, 1.807) is 12.1 Å². The van der Waals surface area contributed by atoms with Gasteiger partial charge in [-0.15, -0.1) is 0 Å². The third kappa shape index (κ3) is 3.58. The minimum Gasteiger partial charge on any atom is -0.357 e. The second kappa shape index (κ2) is 8.31. The number of nitrogens with one attached hydrogen (secondary N) is 2. The predicted molar refractivity (Wildman–Crippen MR) is 130 cm³/mol. The van der Waals surface area contributed by atoms with Crippen molar-refractivity contribution in [3.8, 4) is 0 Å². The molecule has 2 aliphatic rings. The zero-order valence-corrected chi connectivity index (χ0v) is 19.7. The van der Waals surface area contributed by atoms with E-state index in [-0.39, 0.29) is 16.9 Å². The van der Waals surface area contributed by atoms with Gasteiger partial charge in [0.25, 0.3) is 0 Å². The van der Waals surface area contributed by atoms with Crippen LogP contribution in [-0.4, -0.2) is 30.0 Å². The summed E-state index contributed by atoms with van der Waals surface area (Å²) >= 11 is 0. The molecule has 0 saturated heterocycles. The number of aromatic amines is 1. The van der Waals surface area contributed by atoms with Crippen LogP contribution in [0.5, 0.6) is 0 Å². The van der Waals surface area contributed by atoms with E-state index in [0.29, 0.717) is 6.04 Å². The first-order valence-corrected chi connectivity index (χ1v) is 12.2. The molecule has 0 bridgehead atoms. The summed E-state index contributed by atoms with van der Waals surface area (Å²) in [5.41, 5.74) is 4.85. The zero-order valence-electron chi connectivity index (χ0n) is 19.7. The molecule has 3 nitrogen and oxygen atoms in total. The molecular formula is C28H36FN3. The van der Waals surface area contributed by atoms with E-state index in [1.807, 2.05) is 6.07 Å². The molecule has 32 heavy (non-hydrogen) atoms. The summed E-state index contributed by atoms with van der Waals surface area (Å²) in [7, 11) is 4.30. The van der Waals surface area contributed by atoms with E-state index >= 15 is 0 Å². The summed E-state index contributed by atoms with van der Waals surface area (Å²) < 4.78 is 14.2. The van der Waals surface area contributed by atoms with E-state index in [4.69, 9.17) is 0 Å². The topological polar surface area (TPSA) is 31.1 Å². The van der Waals surface area contributed by atoms with Gasteiger partial charge in [0, 0.05) is 28.2 Å². The number of hydrogen-bond acceptors (Lipinski definition) is 2. The quantitative estimate of drug-likeness (QED) is 0.489. The highest BCUT2D eigenvalue weighted by molar-refractivity contribution is 5.84. The van der Waals surface area contributed by atoms with Crippen molar-refractivity contribution in [3.05, 3.63) is 71.2 Å². The van der Waals surface area contributed by atoms with Gasteiger partial charge in [0.05, 0.1) is 5.54 Å². The molecule has 1 heterocycles. The fraction of sp³-hybridized carbons (Fsp3) is 0.500. The third-order valence-corrected chi connectivity index (χ3v) is 8.43. The fourth-order valence-electron chi connectivity index (χ4n) is 6.55. The third-order valence-electron chi connectivity index (χ3n) is 8.43. The zero-order chi connectivity index (χ0) is 22.3. The lowest BCUT2D eigenvalue weighted by Gasteiger charge is -2.51. The van der Waals surface area contributed by atoms with Crippen molar-refractivity contribution in [2.24, 2.45) is 0 Å². The number of aromatic nitrogens is 1. The number of benzene rings is 2. The molecule has 2 aliphatic carbocycles. The maximum Gasteiger partial charge on any atom is 0.123 e.